The van der Waals surface area contributed by atoms with Crippen LogP contribution in [0.5, 0.6) is 0 Å². The number of hydrogen-bond acceptors (Lipinski definition) is 2. The Balaban J connectivity index is 1.76. The molecule has 4 nitrogen and oxygen atoms in total. The summed E-state index contributed by atoms with van der Waals surface area (Å²) in [5.74, 6) is -2.46. The molecule has 3 rings (SSSR count). The molecule has 0 bridgehead atoms. The van der Waals surface area contributed by atoms with Crippen molar-refractivity contribution in [2.24, 2.45) is 0 Å². The first-order chi connectivity index (χ1) is 13.8. The zero-order chi connectivity index (χ0) is 21.0. The molecule has 0 radical (unpaired) electrons. The number of carbonyl (C=O) groups excluding carboxylic acids is 2. The van der Waals surface area contributed by atoms with Crippen LogP contribution >= 0.6 is 0 Å². The van der Waals surface area contributed by atoms with Crippen LogP contribution in [0.25, 0.3) is 0 Å². The molecule has 29 heavy (non-hydrogen) atoms. The minimum absolute atomic E-state index is 0.121. The molecule has 148 valence electrons. The maximum Gasteiger partial charge on any atom is 0.255 e. The standard InChI is InChI=1S/C23H20F2N2O2/c1-15-8-10-18(13-21(15)26-22(28)17-6-4-3-5-7-17)23(29)27(2)14-16-9-11-19(24)20(25)12-16/h3-13H,14H2,1-2H3,(H,26,28). The highest BCUT2D eigenvalue weighted by atomic mass is 19.2. The van der Waals surface area contributed by atoms with Crippen LogP contribution in [0.2, 0.25) is 0 Å². The molecule has 3 aromatic rings. The van der Waals surface area contributed by atoms with Gasteiger partial charge in [-0.1, -0.05) is 30.3 Å². The fourth-order valence-electron chi connectivity index (χ4n) is 2.88. The Labute approximate surface area is 167 Å². The SMILES string of the molecule is Cc1ccc(C(=O)N(C)Cc2ccc(F)c(F)c2)cc1NC(=O)c1ccccc1. The number of aryl methyl sites for hydroxylation is 1. The van der Waals surface area contributed by atoms with Gasteiger partial charge < -0.3 is 10.2 Å². The summed E-state index contributed by atoms with van der Waals surface area (Å²) in [6.45, 7) is 1.95. The third-order valence-electron chi connectivity index (χ3n) is 4.52. The van der Waals surface area contributed by atoms with E-state index in [1.807, 2.05) is 13.0 Å². The number of nitrogens with zero attached hydrogens (tertiary/aromatic N) is 1. The van der Waals surface area contributed by atoms with Gasteiger partial charge in [0.15, 0.2) is 11.6 Å². The fourth-order valence-corrected chi connectivity index (χ4v) is 2.88. The highest BCUT2D eigenvalue weighted by Gasteiger charge is 2.15. The molecular formula is C23H20F2N2O2. The quantitative estimate of drug-likeness (QED) is 0.676. The zero-order valence-electron chi connectivity index (χ0n) is 16.1. The first kappa shape index (κ1) is 20.2. The molecule has 3 aromatic carbocycles. The molecule has 0 unspecified atom stereocenters. The number of nitrogens with one attached hydrogen (secondary N) is 1. The van der Waals surface area contributed by atoms with Crippen LogP contribution in [0.4, 0.5) is 14.5 Å². The molecule has 2 amide bonds. The molecule has 0 aliphatic rings. The third-order valence-corrected chi connectivity index (χ3v) is 4.52. The van der Waals surface area contributed by atoms with E-state index >= 15 is 0 Å². The Hall–Kier alpha value is -3.54. The summed E-state index contributed by atoms with van der Waals surface area (Å²) >= 11 is 0. The number of benzene rings is 3. The Morgan fingerprint density at radius 3 is 2.31 bits per heavy atom. The van der Waals surface area contributed by atoms with Crippen LogP contribution in [0.15, 0.2) is 66.7 Å². The van der Waals surface area contributed by atoms with Crippen LogP contribution in [0.1, 0.15) is 31.8 Å². The second-order valence-corrected chi connectivity index (χ2v) is 6.76. The van der Waals surface area contributed by atoms with Crippen molar-refractivity contribution in [1.82, 2.24) is 4.90 Å². The van der Waals surface area contributed by atoms with E-state index in [0.29, 0.717) is 22.4 Å². The Morgan fingerprint density at radius 1 is 0.897 bits per heavy atom. The lowest BCUT2D eigenvalue weighted by atomic mass is 10.1. The largest absolute Gasteiger partial charge is 0.337 e. The Bertz CT molecular complexity index is 1050. The summed E-state index contributed by atoms with van der Waals surface area (Å²) in [5.41, 5.74) is 2.72. The number of rotatable bonds is 5. The first-order valence-electron chi connectivity index (χ1n) is 9.01. The minimum atomic E-state index is -0.954. The Morgan fingerprint density at radius 2 is 1.62 bits per heavy atom. The molecule has 0 heterocycles. The maximum absolute atomic E-state index is 13.4. The molecule has 0 fully saturated rings. The average molecular weight is 394 g/mol. The van der Waals surface area contributed by atoms with Crippen molar-refractivity contribution in [3.05, 3.63) is 101 Å². The van der Waals surface area contributed by atoms with E-state index in [2.05, 4.69) is 5.32 Å². The van der Waals surface area contributed by atoms with Gasteiger partial charge in [-0.2, -0.15) is 0 Å². The predicted octanol–water partition coefficient (Wildman–Crippen LogP) is 4.80. The van der Waals surface area contributed by atoms with Crippen LogP contribution in [0.3, 0.4) is 0 Å². The zero-order valence-corrected chi connectivity index (χ0v) is 16.1. The normalized spacial score (nSPS) is 10.5. The molecular weight excluding hydrogens is 374 g/mol. The van der Waals surface area contributed by atoms with Gasteiger partial charge in [-0.05, 0) is 54.4 Å². The van der Waals surface area contributed by atoms with Gasteiger partial charge in [0.1, 0.15) is 0 Å². The number of anilines is 1. The van der Waals surface area contributed by atoms with E-state index in [0.717, 1.165) is 17.7 Å². The van der Waals surface area contributed by atoms with Crippen molar-refractivity contribution in [2.45, 2.75) is 13.5 Å². The van der Waals surface area contributed by atoms with E-state index in [4.69, 9.17) is 0 Å². The summed E-state index contributed by atoms with van der Waals surface area (Å²) in [4.78, 5) is 26.6. The first-order valence-corrected chi connectivity index (χ1v) is 9.01. The Kier molecular flexibility index (Phi) is 6.02. The van der Waals surface area contributed by atoms with Gasteiger partial charge in [0.25, 0.3) is 11.8 Å². The summed E-state index contributed by atoms with van der Waals surface area (Å²) in [7, 11) is 1.58. The van der Waals surface area contributed by atoms with E-state index < -0.39 is 11.6 Å². The molecule has 0 saturated carbocycles. The van der Waals surface area contributed by atoms with E-state index in [1.165, 1.54) is 11.0 Å². The number of amides is 2. The van der Waals surface area contributed by atoms with Crippen molar-refractivity contribution in [3.8, 4) is 0 Å². The van der Waals surface area contributed by atoms with E-state index in [9.17, 15) is 18.4 Å². The van der Waals surface area contributed by atoms with Gasteiger partial charge in [-0.15, -0.1) is 0 Å². The van der Waals surface area contributed by atoms with Gasteiger partial charge in [-0.25, -0.2) is 8.78 Å². The molecule has 0 saturated heterocycles. The summed E-state index contributed by atoms with van der Waals surface area (Å²) < 4.78 is 26.5. The predicted molar refractivity (Wildman–Crippen MR) is 108 cm³/mol. The molecule has 1 N–H and O–H groups in total. The van der Waals surface area contributed by atoms with Gasteiger partial charge in [0, 0.05) is 30.4 Å². The number of hydrogen-bond donors (Lipinski definition) is 1. The lowest BCUT2D eigenvalue weighted by Gasteiger charge is -2.18. The van der Waals surface area contributed by atoms with Crippen molar-refractivity contribution < 1.29 is 18.4 Å². The maximum atomic E-state index is 13.4. The molecule has 0 spiro atoms. The monoisotopic (exact) mass is 394 g/mol. The third kappa shape index (κ3) is 4.85. The van der Waals surface area contributed by atoms with Crippen molar-refractivity contribution in [1.29, 1.82) is 0 Å². The van der Waals surface area contributed by atoms with Crippen molar-refractivity contribution in [3.63, 3.8) is 0 Å². The number of carbonyl (C=O) groups is 2. The highest BCUT2D eigenvalue weighted by molar-refractivity contribution is 6.05. The second-order valence-electron chi connectivity index (χ2n) is 6.76. The van der Waals surface area contributed by atoms with Crippen LogP contribution in [0, 0.1) is 18.6 Å². The fraction of sp³-hybridized carbons (Fsp3) is 0.130. The van der Waals surface area contributed by atoms with Crippen molar-refractivity contribution >= 4 is 17.5 Å². The average Bonchev–Trinajstić information content (AvgIpc) is 2.72. The molecule has 0 aromatic heterocycles. The van der Waals surface area contributed by atoms with Crippen molar-refractivity contribution in [2.75, 3.05) is 12.4 Å². The molecule has 0 aliphatic heterocycles. The molecule has 0 atom stereocenters. The second kappa shape index (κ2) is 8.65. The highest BCUT2D eigenvalue weighted by Crippen LogP contribution is 2.20. The van der Waals surface area contributed by atoms with Crippen LogP contribution in [-0.2, 0) is 6.54 Å². The molecule has 6 heteroatoms. The summed E-state index contributed by atoms with van der Waals surface area (Å²) in [6, 6.07) is 17.3. The van der Waals surface area contributed by atoms with Gasteiger partial charge >= 0.3 is 0 Å². The number of halogens is 2. The summed E-state index contributed by atoms with van der Waals surface area (Å²) in [6.07, 6.45) is 0. The van der Waals surface area contributed by atoms with Gasteiger partial charge in [0.05, 0.1) is 0 Å². The van der Waals surface area contributed by atoms with Crippen LogP contribution < -0.4 is 5.32 Å². The van der Waals surface area contributed by atoms with Gasteiger partial charge in [0.2, 0.25) is 0 Å². The minimum Gasteiger partial charge on any atom is -0.337 e. The molecule has 0 aliphatic carbocycles. The topological polar surface area (TPSA) is 49.4 Å². The lowest BCUT2D eigenvalue weighted by molar-refractivity contribution is 0.0784. The van der Waals surface area contributed by atoms with Gasteiger partial charge in [-0.3, -0.25) is 9.59 Å². The lowest BCUT2D eigenvalue weighted by Crippen LogP contribution is -2.26. The summed E-state index contributed by atoms with van der Waals surface area (Å²) in [5, 5.41) is 2.82. The smallest absolute Gasteiger partial charge is 0.255 e. The van der Waals surface area contributed by atoms with E-state index in [-0.39, 0.29) is 18.4 Å². The van der Waals surface area contributed by atoms with Crippen LogP contribution in [-0.4, -0.2) is 23.8 Å². The van der Waals surface area contributed by atoms with E-state index in [1.54, 1.807) is 49.5 Å².